The molecule has 1 heteroatoms. The van der Waals surface area contributed by atoms with E-state index in [2.05, 4.69) is 60.9 Å². The first-order valence-corrected chi connectivity index (χ1v) is 8.88. The molecule has 2 unspecified atom stereocenters. The van der Waals surface area contributed by atoms with Crippen LogP contribution in [-0.4, -0.2) is 17.6 Å². The second-order valence-electron chi connectivity index (χ2n) is 7.17. The van der Waals surface area contributed by atoms with Crippen molar-refractivity contribution < 1.29 is 0 Å². The number of hydrogen-bond acceptors (Lipinski definition) is 0. The average molecular weight is 242 g/mol. The summed E-state index contributed by atoms with van der Waals surface area (Å²) in [6, 6.07) is 0. The molecule has 0 fully saturated rings. The molecule has 16 heavy (non-hydrogen) atoms. The lowest BCUT2D eigenvalue weighted by Crippen LogP contribution is -2.57. The molecule has 0 aromatic rings. The number of rotatable bonds is 4. The van der Waals surface area contributed by atoms with Crippen LogP contribution in [0.3, 0.4) is 0 Å². The summed E-state index contributed by atoms with van der Waals surface area (Å²) in [4.78, 5) is 0. The maximum Gasteiger partial charge on any atom is -0.000295 e. The van der Waals surface area contributed by atoms with Crippen molar-refractivity contribution in [3.05, 3.63) is 0 Å². The SMILES string of the molecule is CC[C@](C)(CC(C)C)C1(C)C=[PH](C)C1(C)C. The highest BCUT2D eigenvalue weighted by atomic mass is 31.1. The first-order valence-electron chi connectivity index (χ1n) is 6.80. The minimum Gasteiger partial charge on any atom is -0.118 e. The van der Waals surface area contributed by atoms with Crippen LogP contribution in [0, 0.1) is 16.7 Å². The molecule has 0 saturated heterocycles. The van der Waals surface area contributed by atoms with Crippen molar-refractivity contribution in [3.63, 3.8) is 0 Å². The van der Waals surface area contributed by atoms with Crippen molar-refractivity contribution in [1.29, 1.82) is 0 Å². The van der Waals surface area contributed by atoms with Gasteiger partial charge in [0.15, 0.2) is 0 Å². The van der Waals surface area contributed by atoms with Crippen molar-refractivity contribution in [2.45, 2.75) is 66.5 Å². The molecule has 1 aliphatic rings. The molecule has 0 aromatic heterocycles. The van der Waals surface area contributed by atoms with Crippen LogP contribution in [0.5, 0.6) is 0 Å². The van der Waals surface area contributed by atoms with Crippen molar-refractivity contribution in [3.8, 4) is 0 Å². The molecule has 1 heterocycles. The van der Waals surface area contributed by atoms with Gasteiger partial charge in [0.1, 0.15) is 0 Å². The molecule has 1 rings (SSSR count). The Hall–Kier alpha value is 0.300. The van der Waals surface area contributed by atoms with E-state index in [1.54, 1.807) is 0 Å². The summed E-state index contributed by atoms with van der Waals surface area (Å²) in [6.07, 6.45) is 2.66. The van der Waals surface area contributed by atoms with Crippen LogP contribution in [0.4, 0.5) is 0 Å². The molecule has 0 aromatic carbocycles. The third-order valence-corrected chi connectivity index (χ3v) is 9.18. The predicted molar refractivity (Wildman–Crippen MR) is 80.3 cm³/mol. The fraction of sp³-hybridized carbons (Fsp3) is 0.933. The Kier molecular flexibility index (Phi) is 3.77. The van der Waals surface area contributed by atoms with Gasteiger partial charge in [-0.2, -0.15) is 0 Å². The highest BCUT2D eigenvalue weighted by Crippen LogP contribution is 2.67. The maximum atomic E-state index is 2.71. The molecule has 0 nitrogen and oxygen atoms in total. The zero-order valence-electron chi connectivity index (χ0n) is 12.6. The van der Waals surface area contributed by atoms with Gasteiger partial charge >= 0.3 is 0 Å². The fourth-order valence-corrected chi connectivity index (χ4v) is 6.58. The van der Waals surface area contributed by atoms with Gasteiger partial charge < -0.3 is 0 Å². The smallest absolute Gasteiger partial charge is 0.000295 e. The van der Waals surface area contributed by atoms with E-state index >= 15 is 0 Å². The molecular weight excluding hydrogens is 211 g/mol. The summed E-state index contributed by atoms with van der Waals surface area (Å²) in [6.45, 7) is 19.6. The van der Waals surface area contributed by atoms with Crippen LogP contribution >= 0.6 is 7.55 Å². The Morgan fingerprint density at radius 2 is 1.75 bits per heavy atom. The molecule has 0 aliphatic carbocycles. The van der Waals surface area contributed by atoms with E-state index in [1.807, 2.05) is 0 Å². The zero-order valence-corrected chi connectivity index (χ0v) is 13.6. The van der Waals surface area contributed by atoms with E-state index in [1.165, 1.54) is 12.8 Å². The van der Waals surface area contributed by atoms with Gasteiger partial charge in [0.2, 0.25) is 0 Å². The Labute approximate surface area is 104 Å². The highest BCUT2D eigenvalue weighted by Gasteiger charge is 2.56. The van der Waals surface area contributed by atoms with Crippen LogP contribution in [0.1, 0.15) is 61.3 Å². The summed E-state index contributed by atoms with van der Waals surface area (Å²) in [5.41, 5.74) is 0.927. The molecule has 0 bridgehead atoms. The topological polar surface area (TPSA) is 0 Å². The minimum atomic E-state index is -0.228. The second-order valence-corrected chi connectivity index (χ2v) is 10.1. The average Bonchev–Trinajstić information content (AvgIpc) is 2.16. The Bertz CT molecular complexity index is 301. The molecule has 0 saturated carbocycles. The summed E-state index contributed by atoms with van der Waals surface area (Å²) < 4.78 is 0. The first kappa shape index (κ1) is 14.4. The van der Waals surface area contributed by atoms with Gasteiger partial charge in [0, 0.05) is 0 Å². The van der Waals surface area contributed by atoms with E-state index in [9.17, 15) is 0 Å². The molecule has 1 aliphatic heterocycles. The van der Waals surface area contributed by atoms with E-state index < -0.39 is 0 Å². The lowest BCUT2D eigenvalue weighted by molar-refractivity contribution is 0.0739. The quantitative estimate of drug-likeness (QED) is 0.615. The highest BCUT2D eigenvalue weighted by molar-refractivity contribution is 7.60. The first-order chi connectivity index (χ1) is 7.10. The van der Waals surface area contributed by atoms with Crippen LogP contribution < -0.4 is 0 Å². The molecule has 0 N–H and O–H groups in total. The van der Waals surface area contributed by atoms with Crippen molar-refractivity contribution in [2.24, 2.45) is 16.7 Å². The molecule has 0 radical (unpaired) electrons. The Balaban J connectivity index is 3.08. The van der Waals surface area contributed by atoms with Gasteiger partial charge in [-0.1, -0.05) is 54.3 Å². The zero-order chi connectivity index (χ0) is 12.8. The molecule has 3 atom stereocenters. The van der Waals surface area contributed by atoms with E-state index in [4.69, 9.17) is 0 Å². The monoisotopic (exact) mass is 242 g/mol. The maximum absolute atomic E-state index is 2.71. The lowest BCUT2D eigenvalue weighted by Gasteiger charge is -2.62. The van der Waals surface area contributed by atoms with Gasteiger partial charge in [-0.05, 0) is 41.4 Å². The summed E-state index contributed by atoms with van der Waals surface area (Å²) in [5.74, 6) is 3.52. The third kappa shape index (κ3) is 1.82. The largest absolute Gasteiger partial charge is 0.118 e. The van der Waals surface area contributed by atoms with Gasteiger partial charge in [0.05, 0.1) is 0 Å². The van der Waals surface area contributed by atoms with E-state index in [0.717, 1.165) is 5.92 Å². The summed E-state index contributed by atoms with van der Waals surface area (Å²) in [5, 5.41) is 0.553. The fourth-order valence-electron chi connectivity index (χ4n) is 3.68. The van der Waals surface area contributed by atoms with Gasteiger partial charge in [-0.3, -0.25) is 0 Å². The van der Waals surface area contributed by atoms with Crippen LogP contribution in [-0.2, 0) is 0 Å². The van der Waals surface area contributed by atoms with Crippen molar-refractivity contribution in [2.75, 3.05) is 6.66 Å². The minimum absolute atomic E-state index is 0.228. The van der Waals surface area contributed by atoms with E-state index in [-0.39, 0.29) is 7.55 Å². The summed E-state index contributed by atoms with van der Waals surface area (Å²) in [7, 11) is -0.228. The van der Waals surface area contributed by atoms with Crippen LogP contribution in [0.15, 0.2) is 0 Å². The van der Waals surface area contributed by atoms with Gasteiger partial charge in [-0.25, -0.2) is 0 Å². The molecule has 96 valence electrons. The lowest BCUT2D eigenvalue weighted by atomic mass is 9.56. The molecule has 0 amide bonds. The van der Waals surface area contributed by atoms with E-state index in [0.29, 0.717) is 16.0 Å². The molecule has 0 spiro atoms. The number of hydrogen-bond donors (Lipinski definition) is 0. The Morgan fingerprint density at radius 1 is 1.25 bits per heavy atom. The predicted octanol–water partition coefficient (Wildman–Crippen LogP) is 4.89. The van der Waals surface area contributed by atoms with Crippen LogP contribution in [0.2, 0.25) is 0 Å². The standard InChI is InChI=1S/C15H31P/c1-9-14(6,10-12(2)3)15(7)11-16(8)13(15,4)5/h11-12,16H,9-10H2,1-8H3/t14-,15?/m1/s1. The normalized spacial score (nSPS) is 36.4. The van der Waals surface area contributed by atoms with Gasteiger partial charge in [0.25, 0.3) is 0 Å². The summed E-state index contributed by atoms with van der Waals surface area (Å²) >= 11 is 0. The van der Waals surface area contributed by atoms with Crippen molar-refractivity contribution in [1.82, 2.24) is 0 Å². The van der Waals surface area contributed by atoms with Crippen molar-refractivity contribution >= 4 is 13.3 Å². The second kappa shape index (κ2) is 4.20. The molecular formula is C15H31P. The Morgan fingerprint density at radius 3 is 2.00 bits per heavy atom. The van der Waals surface area contributed by atoms with Crippen LogP contribution in [0.25, 0.3) is 0 Å². The third-order valence-electron chi connectivity index (χ3n) is 5.68. The van der Waals surface area contributed by atoms with Gasteiger partial charge in [-0.15, -0.1) is 7.55 Å².